The van der Waals surface area contributed by atoms with Crippen molar-refractivity contribution in [2.45, 2.75) is 38.6 Å². The minimum Gasteiger partial charge on any atom is -0.379 e. The maximum atomic E-state index is 5.49. The summed E-state index contributed by atoms with van der Waals surface area (Å²) in [5.41, 5.74) is 2.81. The van der Waals surface area contributed by atoms with Crippen molar-refractivity contribution in [3.8, 4) is 0 Å². The predicted octanol–water partition coefficient (Wildman–Crippen LogP) is 2.87. The molecule has 0 amide bonds. The van der Waals surface area contributed by atoms with Crippen LogP contribution in [0.25, 0.3) is 0 Å². The van der Waals surface area contributed by atoms with E-state index in [4.69, 9.17) is 4.74 Å². The maximum Gasteiger partial charge on any atom is 0.193 e. The standard InChI is InChI=1S/C21H34N4O.HI/c1-17-7-5-6-8-19(17)21(2,3)16-23-20(22-4)25-10-9-18(15-25)24-11-13-26-14-12-24;/h5-8,18H,9-16H2,1-4H3,(H,22,23);1H. The highest BCUT2D eigenvalue weighted by Gasteiger charge is 2.31. The second-order valence-electron chi connectivity index (χ2n) is 8.14. The fourth-order valence-corrected chi connectivity index (χ4v) is 4.23. The number of rotatable bonds is 4. The van der Waals surface area contributed by atoms with Crippen LogP contribution in [-0.2, 0) is 10.2 Å². The Kier molecular flexibility index (Phi) is 8.37. The molecular formula is C21H35IN4O. The van der Waals surface area contributed by atoms with Gasteiger partial charge in [-0.2, -0.15) is 0 Å². The summed E-state index contributed by atoms with van der Waals surface area (Å²) in [5.74, 6) is 1.03. The highest BCUT2D eigenvalue weighted by atomic mass is 127. The van der Waals surface area contributed by atoms with Gasteiger partial charge in [0.15, 0.2) is 5.96 Å². The number of aliphatic imine (C=N–C) groups is 1. The third kappa shape index (κ3) is 5.57. The maximum absolute atomic E-state index is 5.49. The fourth-order valence-electron chi connectivity index (χ4n) is 4.23. The van der Waals surface area contributed by atoms with Gasteiger partial charge in [-0.15, -0.1) is 24.0 Å². The number of hydrogen-bond donors (Lipinski definition) is 1. The van der Waals surface area contributed by atoms with E-state index in [9.17, 15) is 0 Å². The van der Waals surface area contributed by atoms with E-state index in [-0.39, 0.29) is 29.4 Å². The van der Waals surface area contributed by atoms with Gasteiger partial charge in [0.2, 0.25) is 0 Å². The van der Waals surface area contributed by atoms with Crippen molar-refractivity contribution in [2.24, 2.45) is 4.99 Å². The van der Waals surface area contributed by atoms with Gasteiger partial charge < -0.3 is 15.0 Å². The Hall–Kier alpha value is -0.860. The molecule has 2 heterocycles. The first-order valence-corrected chi connectivity index (χ1v) is 9.85. The van der Waals surface area contributed by atoms with Crippen molar-refractivity contribution in [3.63, 3.8) is 0 Å². The normalized spacial score (nSPS) is 21.9. The van der Waals surface area contributed by atoms with Crippen LogP contribution in [0.1, 0.15) is 31.4 Å². The molecule has 5 nitrogen and oxygen atoms in total. The molecule has 1 N–H and O–H groups in total. The summed E-state index contributed by atoms with van der Waals surface area (Å²) in [6.07, 6.45) is 1.21. The lowest BCUT2D eigenvalue weighted by atomic mass is 9.82. The summed E-state index contributed by atoms with van der Waals surface area (Å²) in [6.45, 7) is 13.7. The molecule has 2 saturated heterocycles. The molecular weight excluding hydrogens is 451 g/mol. The van der Waals surface area contributed by atoms with Gasteiger partial charge in [0.05, 0.1) is 13.2 Å². The van der Waals surface area contributed by atoms with Crippen LogP contribution in [0.3, 0.4) is 0 Å². The van der Waals surface area contributed by atoms with E-state index in [1.165, 1.54) is 17.5 Å². The van der Waals surface area contributed by atoms with Gasteiger partial charge in [0, 0.05) is 51.2 Å². The molecule has 0 spiro atoms. The molecule has 0 aromatic heterocycles. The number of hydrogen-bond acceptors (Lipinski definition) is 3. The largest absolute Gasteiger partial charge is 0.379 e. The van der Waals surface area contributed by atoms with Crippen LogP contribution in [0.2, 0.25) is 0 Å². The molecule has 2 aliphatic heterocycles. The van der Waals surface area contributed by atoms with Gasteiger partial charge in [-0.1, -0.05) is 38.1 Å². The summed E-state index contributed by atoms with van der Waals surface area (Å²) in [4.78, 5) is 9.55. The van der Waals surface area contributed by atoms with Crippen molar-refractivity contribution in [2.75, 3.05) is 53.0 Å². The number of aryl methyl sites for hydroxylation is 1. The van der Waals surface area contributed by atoms with Gasteiger partial charge in [0.25, 0.3) is 0 Å². The Labute approximate surface area is 181 Å². The molecule has 1 unspecified atom stereocenters. The zero-order valence-electron chi connectivity index (χ0n) is 17.2. The third-order valence-corrected chi connectivity index (χ3v) is 5.80. The van der Waals surface area contributed by atoms with Crippen LogP contribution >= 0.6 is 24.0 Å². The molecule has 0 saturated carbocycles. The molecule has 3 rings (SSSR count). The van der Waals surface area contributed by atoms with E-state index in [0.717, 1.165) is 51.9 Å². The third-order valence-electron chi connectivity index (χ3n) is 5.80. The number of nitrogens with one attached hydrogen (secondary N) is 1. The number of likely N-dealkylation sites (tertiary alicyclic amines) is 1. The van der Waals surface area contributed by atoms with Gasteiger partial charge in [-0.3, -0.25) is 9.89 Å². The van der Waals surface area contributed by atoms with Crippen LogP contribution in [-0.4, -0.2) is 74.8 Å². The number of ether oxygens (including phenoxy) is 1. The van der Waals surface area contributed by atoms with Crippen LogP contribution in [0, 0.1) is 6.92 Å². The Balaban J connectivity index is 0.00000261. The second-order valence-corrected chi connectivity index (χ2v) is 8.14. The van der Waals surface area contributed by atoms with Crippen molar-refractivity contribution >= 4 is 29.9 Å². The first-order chi connectivity index (χ1) is 12.5. The summed E-state index contributed by atoms with van der Waals surface area (Å²) in [7, 11) is 1.89. The average Bonchev–Trinajstić information content (AvgIpc) is 3.13. The molecule has 0 bridgehead atoms. The van der Waals surface area contributed by atoms with Crippen molar-refractivity contribution in [3.05, 3.63) is 35.4 Å². The fraction of sp³-hybridized carbons (Fsp3) is 0.667. The topological polar surface area (TPSA) is 40.1 Å². The molecule has 27 heavy (non-hydrogen) atoms. The summed E-state index contributed by atoms with van der Waals surface area (Å²) < 4.78 is 5.49. The molecule has 2 aliphatic rings. The van der Waals surface area contributed by atoms with E-state index in [1.54, 1.807) is 0 Å². The van der Waals surface area contributed by atoms with Gasteiger partial charge in [-0.05, 0) is 24.5 Å². The van der Waals surface area contributed by atoms with Crippen LogP contribution in [0.15, 0.2) is 29.3 Å². The van der Waals surface area contributed by atoms with E-state index < -0.39 is 0 Å². The zero-order chi connectivity index (χ0) is 18.6. The Bertz CT molecular complexity index is 628. The lowest BCUT2D eigenvalue weighted by molar-refractivity contribution is 0.0195. The molecule has 1 aromatic carbocycles. The Morgan fingerprint density at radius 3 is 2.59 bits per heavy atom. The van der Waals surface area contributed by atoms with E-state index in [0.29, 0.717) is 6.04 Å². The number of nitrogens with zero attached hydrogens (tertiary/aromatic N) is 3. The molecule has 6 heteroatoms. The molecule has 1 aromatic rings. The molecule has 0 aliphatic carbocycles. The average molecular weight is 486 g/mol. The minimum absolute atomic E-state index is 0. The summed E-state index contributed by atoms with van der Waals surface area (Å²) in [5, 5.41) is 3.63. The van der Waals surface area contributed by atoms with Crippen LogP contribution in [0.5, 0.6) is 0 Å². The minimum atomic E-state index is 0. The van der Waals surface area contributed by atoms with E-state index in [1.807, 2.05) is 7.05 Å². The summed E-state index contributed by atoms with van der Waals surface area (Å²) >= 11 is 0. The van der Waals surface area contributed by atoms with Gasteiger partial charge >= 0.3 is 0 Å². The number of morpholine rings is 1. The highest BCUT2D eigenvalue weighted by Crippen LogP contribution is 2.25. The Morgan fingerprint density at radius 1 is 1.22 bits per heavy atom. The van der Waals surface area contributed by atoms with Gasteiger partial charge in [-0.25, -0.2) is 0 Å². The molecule has 152 valence electrons. The number of benzene rings is 1. The molecule has 0 radical (unpaired) electrons. The SMILES string of the molecule is CN=C(NCC(C)(C)c1ccccc1C)N1CCC(N2CCOCC2)C1.I. The predicted molar refractivity (Wildman–Crippen MR) is 123 cm³/mol. The lowest BCUT2D eigenvalue weighted by Gasteiger charge is -2.33. The number of guanidine groups is 1. The quantitative estimate of drug-likeness (QED) is 0.404. The number of halogens is 1. The zero-order valence-corrected chi connectivity index (χ0v) is 19.5. The summed E-state index contributed by atoms with van der Waals surface area (Å²) in [6, 6.07) is 9.30. The van der Waals surface area contributed by atoms with Crippen molar-refractivity contribution in [1.82, 2.24) is 15.1 Å². The van der Waals surface area contributed by atoms with Crippen molar-refractivity contribution in [1.29, 1.82) is 0 Å². The van der Waals surface area contributed by atoms with Crippen LogP contribution < -0.4 is 5.32 Å². The highest BCUT2D eigenvalue weighted by molar-refractivity contribution is 14.0. The molecule has 2 fully saturated rings. The van der Waals surface area contributed by atoms with Crippen LogP contribution in [0.4, 0.5) is 0 Å². The Morgan fingerprint density at radius 2 is 1.93 bits per heavy atom. The van der Waals surface area contributed by atoms with Gasteiger partial charge in [0.1, 0.15) is 0 Å². The molecule has 1 atom stereocenters. The van der Waals surface area contributed by atoms with Crippen molar-refractivity contribution < 1.29 is 4.74 Å². The van der Waals surface area contributed by atoms with E-state index >= 15 is 0 Å². The van der Waals surface area contributed by atoms with E-state index in [2.05, 4.69) is 65.1 Å². The first kappa shape index (κ1) is 22.4. The monoisotopic (exact) mass is 486 g/mol. The lowest BCUT2D eigenvalue weighted by Crippen LogP contribution is -2.48. The smallest absolute Gasteiger partial charge is 0.193 e. The first-order valence-electron chi connectivity index (χ1n) is 9.85. The second kappa shape index (κ2) is 10.1.